The molecule has 26 heavy (non-hydrogen) atoms. The summed E-state index contributed by atoms with van der Waals surface area (Å²) >= 11 is 0. The van der Waals surface area contributed by atoms with E-state index in [2.05, 4.69) is 25.4 Å². The lowest BCUT2D eigenvalue weighted by atomic mass is 10.2. The first-order valence-corrected chi connectivity index (χ1v) is 8.17. The van der Waals surface area contributed by atoms with Gasteiger partial charge in [-0.1, -0.05) is 0 Å². The number of hydrogen-bond acceptors (Lipinski definition) is 6. The van der Waals surface area contributed by atoms with E-state index in [0.29, 0.717) is 22.5 Å². The molecule has 1 fully saturated rings. The van der Waals surface area contributed by atoms with Gasteiger partial charge in [0.2, 0.25) is 11.9 Å². The Labute approximate surface area is 147 Å². The molecule has 0 radical (unpaired) electrons. The summed E-state index contributed by atoms with van der Waals surface area (Å²) in [5, 5.41) is 7.02. The summed E-state index contributed by atoms with van der Waals surface area (Å²) in [4.78, 5) is 36.6. The van der Waals surface area contributed by atoms with Gasteiger partial charge in [0.05, 0.1) is 29.0 Å². The number of pyridine rings is 1. The molecule has 1 saturated carbocycles. The number of rotatable bonds is 4. The quantitative estimate of drug-likeness (QED) is 0.762. The fourth-order valence-corrected chi connectivity index (χ4v) is 2.73. The second-order valence-electron chi connectivity index (χ2n) is 6.23. The van der Waals surface area contributed by atoms with E-state index in [9.17, 15) is 14.0 Å². The van der Waals surface area contributed by atoms with Crippen molar-refractivity contribution < 1.29 is 9.18 Å². The van der Waals surface area contributed by atoms with Crippen molar-refractivity contribution in [2.45, 2.75) is 32.2 Å². The Bertz CT molecular complexity index is 1060. The van der Waals surface area contributed by atoms with Gasteiger partial charge in [-0.15, -0.1) is 0 Å². The van der Waals surface area contributed by atoms with Gasteiger partial charge in [-0.3, -0.25) is 19.9 Å². The normalized spacial score (nSPS) is 13.8. The molecule has 4 rings (SSSR count). The molecule has 0 aromatic carbocycles. The second kappa shape index (κ2) is 6.25. The largest absolute Gasteiger partial charge is 0.293 e. The van der Waals surface area contributed by atoms with Crippen LogP contribution in [-0.4, -0.2) is 30.6 Å². The lowest BCUT2D eigenvalue weighted by molar-refractivity contribution is -0.117. The Kier molecular flexibility index (Phi) is 3.90. The van der Waals surface area contributed by atoms with Crippen LogP contribution in [0.25, 0.3) is 10.9 Å². The van der Waals surface area contributed by atoms with Crippen LogP contribution in [0, 0.1) is 12.7 Å². The number of nitrogens with zero attached hydrogens (tertiary/aromatic N) is 5. The van der Waals surface area contributed by atoms with Crippen molar-refractivity contribution in [1.29, 1.82) is 0 Å². The fraction of sp³-hybridized carbons (Fsp3) is 0.294. The van der Waals surface area contributed by atoms with E-state index in [1.165, 1.54) is 0 Å². The molecule has 0 atom stereocenters. The van der Waals surface area contributed by atoms with E-state index in [0.717, 1.165) is 35.6 Å². The van der Waals surface area contributed by atoms with Crippen molar-refractivity contribution in [3.63, 3.8) is 0 Å². The van der Waals surface area contributed by atoms with E-state index in [1.807, 2.05) is 6.07 Å². The summed E-state index contributed by atoms with van der Waals surface area (Å²) < 4.78 is 13.9. The van der Waals surface area contributed by atoms with Crippen molar-refractivity contribution in [3.8, 4) is 0 Å². The highest BCUT2D eigenvalue weighted by Gasteiger charge is 2.25. The molecule has 3 heterocycles. The number of carbonyl (C=O) groups is 1. The van der Waals surface area contributed by atoms with Gasteiger partial charge >= 0.3 is 0 Å². The number of halogens is 1. The van der Waals surface area contributed by atoms with E-state index in [1.54, 1.807) is 13.0 Å². The summed E-state index contributed by atoms with van der Waals surface area (Å²) in [5.41, 5.74) is 1.73. The third-order valence-electron chi connectivity index (χ3n) is 4.16. The number of carbonyl (C=O) groups excluding carboxylic acids is 1. The van der Waals surface area contributed by atoms with E-state index >= 15 is 0 Å². The monoisotopic (exact) mass is 354 g/mol. The van der Waals surface area contributed by atoms with Crippen LogP contribution in [-0.2, 0) is 11.3 Å². The standard InChI is InChI=1S/C17H15FN6O2/c1-9-15-12(4-5-13(21-15)10-2-3-10)16(26)24(23-9)8-14(25)22-17-19-6-11(18)7-20-17/h4-7,10H,2-3,8H2,1H3,(H,19,20,22,25). The van der Waals surface area contributed by atoms with Crippen LogP contribution in [0.15, 0.2) is 29.3 Å². The maximum Gasteiger partial charge on any atom is 0.276 e. The molecule has 132 valence electrons. The van der Waals surface area contributed by atoms with Gasteiger partial charge in [0, 0.05) is 11.6 Å². The molecule has 0 saturated heterocycles. The van der Waals surface area contributed by atoms with E-state index < -0.39 is 17.3 Å². The first kappa shape index (κ1) is 16.2. The maximum absolute atomic E-state index is 12.8. The predicted octanol–water partition coefficient (Wildman–Crippen LogP) is 1.55. The number of aryl methyl sites for hydroxylation is 1. The molecule has 0 spiro atoms. The lowest BCUT2D eigenvalue weighted by Gasteiger charge is -2.09. The van der Waals surface area contributed by atoms with Gasteiger partial charge in [-0.25, -0.2) is 19.0 Å². The topological polar surface area (TPSA) is 103 Å². The Hall–Kier alpha value is -3.23. The molecular formula is C17H15FN6O2. The first-order chi connectivity index (χ1) is 12.5. The van der Waals surface area contributed by atoms with Gasteiger partial charge in [-0.05, 0) is 31.9 Å². The average molecular weight is 354 g/mol. The van der Waals surface area contributed by atoms with Crippen LogP contribution in [0.4, 0.5) is 10.3 Å². The summed E-state index contributed by atoms with van der Waals surface area (Å²) in [7, 11) is 0. The van der Waals surface area contributed by atoms with Crippen LogP contribution in [0.1, 0.15) is 30.1 Å². The number of aromatic nitrogens is 5. The third-order valence-corrected chi connectivity index (χ3v) is 4.16. The molecule has 0 aliphatic heterocycles. The van der Waals surface area contributed by atoms with Crippen molar-refractivity contribution in [3.05, 3.63) is 52.1 Å². The van der Waals surface area contributed by atoms with Crippen LogP contribution < -0.4 is 10.9 Å². The van der Waals surface area contributed by atoms with Crippen LogP contribution in [0.2, 0.25) is 0 Å². The van der Waals surface area contributed by atoms with Crippen LogP contribution >= 0.6 is 0 Å². The molecule has 8 nitrogen and oxygen atoms in total. The highest BCUT2D eigenvalue weighted by Crippen LogP contribution is 2.39. The molecule has 9 heteroatoms. The number of hydrogen-bond donors (Lipinski definition) is 1. The Morgan fingerprint density at radius 1 is 1.31 bits per heavy atom. The molecule has 1 aliphatic rings. The van der Waals surface area contributed by atoms with Crippen molar-refractivity contribution in [1.82, 2.24) is 24.7 Å². The molecule has 0 unspecified atom stereocenters. The number of fused-ring (bicyclic) bond motifs is 1. The van der Waals surface area contributed by atoms with Gasteiger partial charge < -0.3 is 0 Å². The number of nitrogens with one attached hydrogen (secondary N) is 1. The van der Waals surface area contributed by atoms with Crippen LogP contribution in [0.3, 0.4) is 0 Å². The summed E-state index contributed by atoms with van der Waals surface area (Å²) in [6.07, 6.45) is 4.12. The van der Waals surface area contributed by atoms with Crippen molar-refractivity contribution in [2.24, 2.45) is 0 Å². The molecule has 3 aromatic heterocycles. The zero-order valence-electron chi connectivity index (χ0n) is 13.9. The Morgan fingerprint density at radius 3 is 2.73 bits per heavy atom. The Balaban J connectivity index is 1.60. The second-order valence-corrected chi connectivity index (χ2v) is 6.23. The summed E-state index contributed by atoms with van der Waals surface area (Å²) in [6.45, 7) is 1.45. The van der Waals surface area contributed by atoms with Crippen LogP contribution in [0.5, 0.6) is 0 Å². The minimum absolute atomic E-state index is 0.0438. The molecule has 1 N–H and O–H groups in total. The van der Waals surface area contributed by atoms with Gasteiger partial charge in [-0.2, -0.15) is 5.10 Å². The van der Waals surface area contributed by atoms with E-state index in [4.69, 9.17) is 0 Å². The summed E-state index contributed by atoms with van der Waals surface area (Å²) in [5.74, 6) is -0.711. The fourth-order valence-electron chi connectivity index (χ4n) is 2.73. The molecular weight excluding hydrogens is 339 g/mol. The minimum Gasteiger partial charge on any atom is -0.293 e. The zero-order valence-corrected chi connectivity index (χ0v) is 13.9. The average Bonchev–Trinajstić information content (AvgIpc) is 3.46. The van der Waals surface area contributed by atoms with Crippen molar-refractivity contribution >= 4 is 22.8 Å². The lowest BCUT2D eigenvalue weighted by Crippen LogP contribution is -2.31. The number of amides is 1. The maximum atomic E-state index is 12.8. The summed E-state index contributed by atoms with van der Waals surface area (Å²) in [6, 6.07) is 3.60. The SMILES string of the molecule is Cc1nn(CC(=O)Nc2ncc(F)cn2)c(=O)c2ccc(C3CC3)nc12. The molecule has 1 amide bonds. The molecule has 0 bridgehead atoms. The third kappa shape index (κ3) is 3.15. The highest BCUT2D eigenvalue weighted by molar-refractivity contribution is 5.89. The smallest absolute Gasteiger partial charge is 0.276 e. The molecule has 1 aliphatic carbocycles. The zero-order chi connectivity index (χ0) is 18.3. The van der Waals surface area contributed by atoms with Gasteiger partial charge in [0.15, 0.2) is 5.82 Å². The predicted molar refractivity (Wildman–Crippen MR) is 91.1 cm³/mol. The Morgan fingerprint density at radius 2 is 2.04 bits per heavy atom. The first-order valence-electron chi connectivity index (χ1n) is 8.17. The highest BCUT2D eigenvalue weighted by atomic mass is 19.1. The van der Waals surface area contributed by atoms with E-state index in [-0.39, 0.29) is 12.5 Å². The molecule has 3 aromatic rings. The van der Waals surface area contributed by atoms with Crippen molar-refractivity contribution in [2.75, 3.05) is 5.32 Å². The number of anilines is 1. The van der Waals surface area contributed by atoms with Gasteiger partial charge in [0.25, 0.3) is 5.56 Å². The minimum atomic E-state index is -0.607. The van der Waals surface area contributed by atoms with Gasteiger partial charge in [0.1, 0.15) is 6.54 Å².